The summed E-state index contributed by atoms with van der Waals surface area (Å²) < 4.78 is 0. The number of nitrogens with one attached hydrogen (secondary N) is 1. The van der Waals surface area contributed by atoms with Crippen LogP contribution in [0.1, 0.15) is 84.1 Å². The van der Waals surface area contributed by atoms with Crippen molar-refractivity contribution in [3.05, 3.63) is 112 Å². The summed E-state index contributed by atoms with van der Waals surface area (Å²) in [5.74, 6) is -5.49. The molecule has 1 aromatic rings. The second-order valence-corrected chi connectivity index (χ2v) is 12.9. The Hall–Kier alpha value is -4.97. The van der Waals surface area contributed by atoms with Gasteiger partial charge in [-0.3, -0.25) is 24.0 Å². The van der Waals surface area contributed by atoms with Gasteiger partial charge in [0.05, 0.1) is 29.4 Å². The van der Waals surface area contributed by atoms with Crippen LogP contribution in [0.25, 0.3) is 0 Å². The number of aromatic hydroxyl groups is 1. The molecule has 6 unspecified atom stereocenters. The molecule has 0 saturated heterocycles. The first kappa shape index (κ1) is 39.5. The highest BCUT2D eigenvalue weighted by Gasteiger charge is 2.37. The summed E-state index contributed by atoms with van der Waals surface area (Å²) in [5.41, 5.74) is 4.59. The third-order valence-corrected chi connectivity index (χ3v) is 8.87. The molecule has 50 heavy (non-hydrogen) atoms. The highest BCUT2D eigenvalue weighted by atomic mass is 16.3. The Labute approximate surface area is 292 Å². The van der Waals surface area contributed by atoms with Crippen LogP contribution in [0.15, 0.2) is 89.4 Å². The van der Waals surface area contributed by atoms with Crippen LogP contribution in [0.2, 0.25) is 0 Å². The fourth-order valence-electron chi connectivity index (χ4n) is 5.57. The summed E-state index contributed by atoms with van der Waals surface area (Å²) in [7, 11) is 0. The maximum Gasteiger partial charge on any atom is 0.248 e. The van der Waals surface area contributed by atoms with Gasteiger partial charge in [0.1, 0.15) is 17.1 Å². The molecular weight excluding hydrogens is 640 g/mol. The predicted molar refractivity (Wildman–Crippen MR) is 189 cm³/mol. The van der Waals surface area contributed by atoms with E-state index in [9.17, 15) is 44.4 Å². The molecule has 6 atom stereocenters. The standard InChI is InChI=1S/C39H46N2O9/c1-20-11-9-7-8-10-12-30(45)41-34-33(40)39(50)31-27(38(34)49)18-25(6)37(48)32(31)36(47)24(5)17-23(4)35(46)22(3)14-16-26(42)15-13-21(2)29(44)19-28(20)43/h7-14,16-18,20,22-23,26,28,35,42-43,46,48H,15,19,40H2,1-6H3,(H,41,45)/b8-7?,11-9?,12-10-,16-14?,21-13-,24-17?. The van der Waals surface area contributed by atoms with Crippen LogP contribution < -0.4 is 11.1 Å². The van der Waals surface area contributed by atoms with E-state index in [1.165, 1.54) is 44.2 Å². The number of phenols is 1. The van der Waals surface area contributed by atoms with Crippen LogP contribution in [0.4, 0.5) is 0 Å². The van der Waals surface area contributed by atoms with E-state index in [0.717, 1.165) is 6.08 Å². The van der Waals surface area contributed by atoms with Crippen LogP contribution in [0.5, 0.6) is 5.75 Å². The Balaban J connectivity index is 2.05. The number of aryl methyl sites for hydroxylation is 1. The topological polar surface area (TPSA) is 204 Å². The third kappa shape index (κ3) is 9.38. The highest BCUT2D eigenvalue weighted by Crippen LogP contribution is 2.36. The normalized spacial score (nSPS) is 28.4. The first-order valence-electron chi connectivity index (χ1n) is 16.4. The molecule has 2 aliphatic heterocycles. The van der Waals surface area contributed by atoms with Crippen molar-refractivity contribution in [2.75, 3.05) is 0 Å². The number of carbonyl (C=O) groups is 5. The first-order chi connectivity index (χ1) is 23.5. The number of phenolic OH excluding ortho intramolecular Hbond substituents is 1. The Morgan fingerprint density at radius 3 is 2.10 bits per heavy atom. The lowest BCUT2D eigenvalue weighted by Crippen LogP contribution is -2.37. The lowest BCUT2D eigenvalue weighted by molar-refractivity contribution is -0.118. The molecule has 11 heteroatoms. The van der Waals surface area contributed by atoms with Crippen LogP contribution >= 0.6 is 0 Å². The van der Waals surface area contributed by atoms with Gasteiger partial charge in [0.25, 0.3) is 0 Å². The number of carbonyl (C=O) groups excluding carboxylic acids is 5. The minimum Gasteiger partial charge on any atom is -0.507 e. The van der Waals surface area contributed by atoms with E-state index >= 15 is 0 Å². The van der Waals surface area contributed by atoms with Crippen molar-refractivity contribution in [2.24, 2.45) is 23.5 Å². The zero-order valence-electron chi connectivity index (χ0n) is 29.1. The number of aliphatic hydroxyl groups is 3. The quantitative estimate of drug-likeness (QED) is 0.216. The van der Waals surface area contributed by atoms with Crippen molar-refractivity contribution in [3.8, 4) is 5.75 Å². The van der Waals surface area contributed by atoms with Gasteiger partial charge >= 0.3 is 0 Å². The minimum absolute atomic E-state index is 0.0829. The number of nitrogens with two attached hydrogens (primary N) is 1. The van der Waals surface area contributed by atoms with E-state index in [0.29, 0.717) is 5.57 Å². The number of benzene rings is 1. The van der Waals surface area contributed by atoms with Crippen LogP contribution in [-0.2, 0) is 9.59 Å². The second-order valence-electron chi connectivity index (χ2n) is 12.9. The lowest BCUT2D eigenvalue weighted by atomic mass is 9.82. The van der Waals surface area contributed by atoms with E-state index in [1.807, 2.05) is 0 Å². The Morgan fingerprint density at radius 1 is 0.760 bits per heavy atom. The number of allylic oxidation sites excluding steroid dienone is 8. The Bertz CT molecular complexity index is 1770. The highest BCUT2D eigenvalue weighted by molar-refractivity contribution is 6.31. The first-order valence-corrected chi connectivity index (χ1v) is 16.4. The molecule has 4 bridgehead atoms. The van der Waals surface area contributed by atoms with Crippen molar-refractivity contribution >= 4 is 29.0 Å². The van der Waals surface area contributed by atoms with Gasteiger partial charge in [-0.1, -0.05) is 75.5 Å². The van der Waals surface area contributed by atoms with Gasteiger partial charge in [0.2, 0.25) is 17.5 Å². The molecule has 0 spiro atoms. The second kappa shape index (κ2) is 17.1. The average molecular weight is 687 g/mol. The molecular formula is C39H46N2O9. The number of fused-ring (bicyclic) bond motifs is 18. The van der Waals surface area contributed by atoms with Crippen LogP contribution in [-0.4, -0.2) is 67.8 Å². The number of rotatable bonds is 0. The molecule has 7 N–H and O–H groups in total. The number of aliphatic hydroxyl groups excluding tert-OH is 3. The summed E-state index contributed by atoms with van der Waals surface area (Å²) >= 11 is 0. The molecule has 11 nitrogen and oxygen atoms in total. The minimum atomic E-state index is -1.01. The summed E-state index contributed by atoms with van der Waals surface area (Å²) in [6.45, 7) is 9.67. The average Bonchev–Trinajstić information content (AvgIpc) is 3.07. The molecule has 266 valence electrons. The molecule has 0 saturated carbocycles. The molecule has 4 rings (SSSR count). The summed E-state index contributed by atoms with van der Waals surface area (Å²) in [4.78, 5) is 66.2. The molecule has 1 aromatic carbocycles. The van der Waals surface area contributed by atoms with E-state index < -0.39 is 76.1 Å². The van der Waals surface area contributed by atoms with E-state index in [1.54, 1.807) is 58.1 Å². The van der Waals surface area contributed by atoms with Crippen molar-refractivity contribution in [1.29, 1.82) is 0 Å². The largest absolute Gasteiger partial charge is 0.507 e. The summed E-state index contributed by atoms with van der Waals surface area (Å²) in [6.07, 6.45) is 12.2. The molecule has 0 fully saturated rings. The lowest BCUT2D eigenvalue weighted by Gasteiger charge is -2.23. The van der Waals surface area contributed by atoms with Crippen LogP contribution in [0.3, 0.4) is 0 Å². The molecule has 3 aliphatic rings. The van der Waals surface area contributed by atoms with E-state index in [2.05, 4.69) is 5.32 Å². The number of ketones is 4. The van der Waals surface area contributed by atoms with E-state index in [4.69, 9.17) is 5.73 Å². The van der Waals surface area contributed by atoms with Gasteiger partial charge in [-0.25, -0.2) is 0 Å². The van der Waals surface area contributed by atoms with Crippen LogP contribution in [0, 0.1) is 24.7 Å². The number of amides is 1. The maximum atomic E-state index is 13.8. The van der Waals surface area contributed by atoms with Gasteiger partial charge in [-0.2, -0.15) is 0 Å². The number of hydrogen-bond donors (Lipinski definition) is 6. The fraction of sp³-hybridized carbons (Fsp3) is 0.359. The predicted octanol–water partition coefficient (Wildman–Crippen LogP) is 4.02. The monoisotopic (exact) mass is 686 g/mol. The van der Waals surface area contributed by atoms with Crippen molar-refractivity contribution < 1.29 is 44.4 Å². The molecule has 0 aromatic heterocycles. The van der Waals surface area contributed by atoms with Gasteiger partial charge in [0.15, 0.2) is 11.6 Å². The van der Waals surface area contributed by atoms with Crippen molar-refractivity contribution in [1.82, 2.24) is 5.32 Å². The van der Waals surface area contributed by atoms with Gasteiger partial charge < -0.3 is 31.5 Å². The number of Topliss-reactive ketones (excluding diaryl/α,β-unsaturated/α-hetero) is 4. The molecule has 2 heterocycles. The zero-order valence-corrected chi connectivity index (χ0v) is 29.1. The van der Waals surface area contributed by atoms with E-state index in [-0.39, 0.29) is 46.8 Å². The maximum absolute atomic E-state index is 13.8. The molecule has 1 aliphatic carbocycles. The smallest absolute Gasteiger partial charge is 0.248 e. The Kier molecular flexibility index (Phi) is 13.5. The van der Waals surface area contributed by atoms with Gasteiger partial charge in [0, 0.05) is 35.8 Å². The van der Waals surface area contributed by atoms with Gasteiger partial charge in [-0.05, 0) is 50.0 Å². The van der Waals surface area contributed by atoms with Crippen molar-refractivity contribution in [3.63, 3.8) is 0 Å². The Morgan fingerprint density at radius 2 is 1.42 bits per heavy atom. The molecule has 0 radical (unpaired) electrons. The van der Waals surface area contributed by atoms with Gasteiger partial charge in [-0.15, -0.1) is 0 Å². The fourth-order valence-corrected chi connectivity index (χ4v) is 5.57. The number of hydrogen-bond acceptors (Lipinski definition) is 10. The SMILES string of the molecule is CC1=CC(C)C(O)C(C)C=CC(O)C/C=C(/C)C(=O)CC(O)C(C)C=CC=C/C=C\C(=O)NC2=C(N)C(=O)c3c(cc(C)c(O)c3C1=O)C2=O. The third-order valence-electron chi connectivity index (χ3n) is 8.87. The zero-order chi connectivity index (χ0) is 37.4. The van der Waals surface area contributed by atoms with Crippen molar-refractivity contribution in [2.45, 2.75) is 72.7 Å². The summed E-state index contributed by atoms with van der Waals surface area (Å²) in [5, 5.41) is 45.4. The molecule has 1 amide bonds. The summed E-state index contributed by atoms with van der Waals surface area (Å²) in [6, 6.07) is 1.25.